The average molecular weight is 263 g/mol. The Bertz CT molecular complexity index is 570. The van der Waals surface area contributed by atoms with Gasteiger partial charge in [-0.15, -0.1) is 0 Å². The summed E-state index contributed by atoms with van der Waals surface area (Å²) in [7, 11) is 5.26. The molecule has 2 rings (SSSR count). The van der Waals surface area contributed by atoms with Gasteiger partial charge in [0.2, 0.25) is 5.78 Å². The SMILES string of the molecule is CN(C)/C=C1\CCCc2c(nn(C)c2C(=O)O)C1=O. The number of carboxylic acids is 1. The number of rotatable bonds is 2. The number of allylic oxidation sites excluding steroid dienone is 1. The fourth-order valence-electron chi connectivity index (χ4n) is 2.41. The van der Waals surface area contributed by atoms with Gasteiger partial charge in [0, 0.05) is 38.5 Å². The number of fused-ring (bicyclic) bond motifs is 1. The third-order valence-corrected chi connectivity index (χ3v) is 3.14. The van der Waals surface area contributed by atoms with Gasteiger partial charge >= 0.3 is 5.97 Å². The fraction of sp³-hybridized carbons (Fsp3) is 0.462. The maximum Gasteiger partial charge on any atom is 0.354 e. The number of nitrogens with zero attached hydrogens (tertiary/aromatic N) is 3. The maximum absolute atomic E-state index is 12.4. The van der Waals surface area contributed by atoms with Crippen LogP contribution >= 0.6 is 0 Å². The molecule has 6 heteroatoms. The van der Waals surface area contributed by atoms with Crippen LogP contribution in [0.3, 0.4) is 0 Å². The van der Waals surface area contributed by atoms with Crippen LogP contribution in [0.15, 0.2) is 11.8 Å². The second-order valence-electron chi connectivity index (χ2n) is 4.91. The molecule has 19 heavy (non-hydrogen) atoms. The fourth-order valence-corrected chi connectivity index (χ4v) is 2.41. The van der Waals surface area contributed by atoms with E-state index in [1.165, 1.54) is 4.68 Å². The van der Waals surface area contributed by atoms with Crippen molar-refractivity contribution in [3.05, 3.63) is 28.7 Å². The van der Waals surface area contributed by atoms with Crippen LogP contribution < -0.4 is 0 Å². The van der Waals surface area contributed by atoms with Crippen molar-refractivity contribution in [3.8, 4) is 0 Å². The summed E-state index contributed by atoms with van der Waals surface area (Å²) in [5, 5.41) is 13.3. The number of hydrogen-bond acceptors (Lipinski definition) is 4. The lowest BCUT2D eigenvalue weighted by atomic mass is 10.1. The summed E-state index contributed by atoms with van der Waals surface area (Å²) in [6.45, 7) is 0. The zero-order valence-corrected chi connectivity index (χ0v) is 11.3. The monoisotopic (exact) mass is 263 g/mol. The molecule has 1 heterocycles. The molecule has 0 aromatic carbocycles. The van der Waals surface area contributed by atoms with Gasteiger partial charge in [0.1, 0.15) is 11.4 Å². The molecule has 0 saturated carbocycles. The molecule has 0 unspecified atom stereocenters. The number of Topliss-reactive ketones (excluding diaryl/α,β-unsaturated/α-hetero) is 1. The second-order valence-corrected chi connectivity index (χ2v) is 4.91. The Morgan fingerprint density at radius 3 is 2.68 bits per heavy atom. The van der Waals surface area contributed by atoms with Crippen LogP contribution in [0, 0.1) is 0 Å². The molecule has 1 N–H and O–H groups in total. The van der Waals surface area contributed by atoms with E-state index in [0.717, 1.165) is 6.42 Å². The van der Waals surface area contributed by atoms with Crippen molar-refractivity contribution < 1.29 is 14.7 Å². The van der Waals surface area contributed by atoms with Gasteiger partial charge < -0.3 is 10.0 Å². The first-order chi connectivity index (χ1) is 8.91. The van der Waals surface area contributed by atoms with Gasteiger partial charge in [-0.05, 0) is 19.3 Å². The van der Waals surface area contributed by atoms with Crippen molar-refractivity contribution in [1.82, 2.24) is 14.7 Å². The number of ketones is 1. The van der Waals surface area contributed by atoms with Crippen LogP contribution in [0.2, 0.25) is 0 Å². The Balaban J connectivity index is 2.53. The lowest BCUT2D eigenvalue weighted by molar-refractivity contribution is 0.0683. The highest BCUT2D eigenvalue weighted by atomic mass is 16.4. The zero-order valence-electron chi connectivity index (χ0n) is 11.3. The molecule has 0 bridgehead atoms. The summed E-state index contributed by atoms with van der Waals surface area (Å²) in [5.74, 6) is -1.20. The molecule has 1 aliphatic rings. The maximum atomic E-state index is 12.4. The molecule has 6 nitrogen and oxygen atoms in total. The number of hydrogen-bond donors (Lipinski definition) is 1. The van der Waals surface area contributed by atoms with Gasteiger partial charge in [0.15, 0.2) is 0 Å². The molecule has 0 aliphatic heterocycles. The third-order valence-electron chi connectivity index (χ3n) is 3.14. The van der Waals surface area contributed by atoms with E-state index in [1.54, 1.807) is 13.2 Å². The Kier molecular flexibility index (Phi) is 3.42. The third kappa shape index (κ3) is 2.38. The summed E-state index contributed by atoms with van der Waals surface area (Å²) in [6, 6.07) is 0. The summed E-state index contributed by atoms with van der Waals surface area (Å²) >= 11 is 0. The molecule has 0 atom stereocenters. The van der Waals surface area contributed by atoms with Crippen molar-refractivity contribution in [2.24, 2.45) is 7.05 Å². The normalized spacial score (nSPS) is 17.2. The molecular formula is C13H17N3O3. The van der Waals surface area contributed by atoms with Crippen molar-refractivity contribution in [3.63, 3.8) is 0 Å². The summed E-state index contributed by atoms with van der Waals surface area (Å²) in [4.78, 5) is 25.5. The second kappa shape index (κ2) is 4.87. The van der Waals surface area contributed by atoms with E-state index in [2.05, 4.69) is 5.10 Å². The van der Waals surface area contributed by atoms with Gasteiger partial charge in [0.25, 0.3) is 0 Å². The van der Waals surface area contributed by atoms with Gasteiger partial charge in [-0.1, -0.05) is 0 Å². The first-order valence-corrected chi connectivity index (χ1v) is 6.12. The van der Waals surface area contributed by atoms with Crippen LogP contribution in [0.4, 0.5) is 0 Å². The topological polar surface area (TPSA) is 75.4 Å². The number of aryl methyl sites for hydroxylation is 1. The van der Waals surface area contributed by atoms with Crippen molar-refractivity contribution >= 4 is 11.8 Å². The highest BCUT2D eigenvalue weighted by Gasteiger charge is 2.29. The van der Waals surface area contributed by atoms with Gasteiger partial charge in [0.05, 0.1) is 0 Å². The molecule has 0 spiro atoms. The van der Waals surface area contributed by atoms with E-state index in [-0.39, 0.29) is 17.2 Å². The van der Waals surface area contributed by atoms with Crippen molar-refractivity contribution in [2.75, 3.05) is 14.1 Å². The van der Waals surface area contributed by atoms with Crippen LogP contribution in [-0.2, 0) is 13.5 Å². The lowest BCUT2D eigenvalue weighted by Crippen LogP contribution is -2.10. The highest BCUT2D eigenvalue weighted by Crippen LogP contribution is 2.26. The standard InChI is InChI=1S/C13H17N3O3/c1-15(2)7-8-5-4-6-9-10(12(8)17)14-16(3)11(9)13(18)19/h7H,4-6H2,1-3H3,(H,18,19)/b8-7+. The Morgan fingerprint density at radius 1 is 1.42 bits per heavy atom. The van der Waals surface area contributed by atoms with Gasteiger partial charge in [-0.2, -0.15) is 5.10 Å². The van der Waals surface area contributed by atoms with E-state index in [1.807, 2.05) is 19.0 Å². The van der Waals surface area contributed by atoms with Gasteiger partial charge in [-0.25, -0.2) is 4.79 Å². The minimum Gasteiger partial charge on any atom is -0.477 e. The first kappa shape index (κ1) is 13.3. The average Bonchev–Trinajstić information content (AvgIpc) is 2.56. The number of carboxylic acid groups (broad SMARTS) is 1. The largest absolute Gasteiger partial charge is 0.477 e. The predicted molar refractivity (Wildman–Crippen MR) is 69.2 cm³/mol. The highest BCUT2D eigenvalue weighted by molar-refractivity contribution is 6.10. The number of aromatic nitrogens is 2. The minimum atomic E-state index is -1.04. The number of aromatic carboxylic acids is 1. The van der Waals surface area contributed by atoms with E-state index in [9.17, 15) is 14.7 Å². The molecule has 102 valence electrons. The molecule has 1 aliphatic carbocycles. The minimum absolute atomic E-state index is 0.120. The smallest absolute Gasteiger partial charge is 0.354 e. The molecule has 0 radical (unpaired) electrons. The summed E-state index contributed by atoms with van der Waals surface area (Å²) in [5.41, 5.74) is 1.64. The number of carbonyl (C=O) groups excluding carboxylic acids is 1. The van der Waals surface area contributed by atoms with E-state index in [0.29, 0.717) is 24.0 Å². The molecule has 0 fully saturated rings. The quantitative estimate of drug-likeness (QED) is 0.638. The Morgan fingerprint density at radius 2 is 2.11 bits per heavy atom. The van der Waals surface area contributed by atoms with Crippen molar-refractivity contribution in [2.45, 2.75) is 19.3 Å². The Labute approximate surface area is 111 Å². The van der Waals surface area contributed by atoms with Crippen LogP contribution in [-0.4, -0.2) is 45.6 Å². The Hall–Kier alpha value is -2.11. The predicted octanol–water partition coefficient (Wildman–Crippen LogP) is 1.08. The van der Waals surface area contributed by atoms with E-state index >= 15 is 0 Å². The lowest BCUT2D eigenvalue weighted by Gasteiger charge is -2.08. The zero-order chi connectivity index (χ0) is 14.2. The molecule has 0 saturated heterocycles. The summed E-state index contributed by atoms with van der Waals surface area (Å²) < 4.78 is 1.28. The first-order valence-electron chi connectivity index (χ1n) is 6.12. The molecule has 1 aromatic rings. The number of carbonyl (C=O) groups is 2. The molecule has 1 aromatic heterocycles. The van der Waals surface area contributed by atoms with Crippen LogP contribution in [0.25, 0.3) is 0 Å². The van der Waals surface area contributed by atoms with Crippen LogP contribution in [0.1, 0.15) is 39.4 Å². The van der Waals surface area contributed by atoms with E-state index in [4.69, 9.17) is 0 Å². The van der Waals surface area contributed by atoms with Crippen LogP contribution in [0.5, 0.6) is 0 Å². The van der Waals surface area contributed by atoms with E-state index < -0.39 is 5.97 Å². The molecular weight excluding hydrogens is 246 g/mol. The van der Waals surface area contributed by atoms with Crippen molar-refractivity contribution in [1.29, 1.82) is 0 Å². The molecule has 0 amide bonds. The van der Waals surface area contributed by atoms with Gasteiger partial charge in [-0.3, -0.25) is 9.48 Å². The summed E-state index contributed by atoms with van der Waals surface area (Å²) in [6.07, 6.45) is 3.76.